The van der Waals surface area contributed by atoms with Crippen molar-refractivity contribution < 1.29 is 4.79 Å². The number of amides is 1. The van der Waals surface area contributed by atoms with Crippen LogP contribution in [0.1, 0.15) is 41.0 Å². The number of halogens is 1. The van der Waals surface area contributed by atoms with Crippen molar-refractivity contribution in [2.75, 3.05) is 0 Å². The molecule has 0 aliphatic carbocycles. The largest absolute Gasteiger partial charge is 0.350 e. The van der Waals surface area contributed by atoms with Gasteiger partial charge in [-0.1, -0.05) is 22.9 Å². The molecule has 0 aliphatic rings. The predicted molar refractivity (Wildman–Crippen MR) is 55.5 cm³/mol. The van der Waals surface area contributed by atoms with E-state index in [9.17, 15) is 4.79 Å². The molecule has 3 heteroatoms. The van der Waals surface area contributed by atoms with E-state index < -0.39 is 4.32 Å². The van der Waals surface area contributed by atoms with Crippen LogP contribution in [0.2, 0.25) is 0 Å². The van der Waals surface area contributed by atoms with Gasteiger partial charge < -0.3 is 5.32 Å². The second kappa shape index (κ2) is 3.77. The number of alkyl halides is 1. The summed E-state index contributed by atoms with van der Waals surface area (Å²) in [6.45, 7) is 9.77. The minimum atomic E-state index is -0.473. The summed E-state index contributed by atoms with van der Waals surface area (Å²) in [6.07, 6.45) is 0.932. The molecule has 12 heavy (non-hydrogen) atoms. The van der Waals surface area contributed by atoms with Crippen LogP contribution < -0.4 is 5.32 Å². The number of nitrogens with one attached hydrogen (secondary N) is 1. The Kier molecular flexibility index (Phi) is 3.76. The summed E-state index contributed by atoms with van der Waals surface area (Å²) in [4.78, 5) is 11.5. The molecule has 1 amide bonds. The number of hydrogen-bond donors (Lipinski definition) is 1. The molecule has 0 saturated heterocycles. The van der Waals surface area contributed by atoms with Gasteiger partial charge in [-0.15, -0.1) is 0 Å². The fourth-order valence-corrected chi connectivity index (χ4v) is 0.643. The first kappa shape index (κ1) is 11.9. The Balaban J connectivity index is 4.20. The molecule has 1 N–H and O–H groups in total. The maximum absolute atomic E-state index is 11.5. The van der Waals surface area contributed by atoms with Gasteiger partial charge in [-0.25, -0.2) is 0 Å². The Labute approximate surface area is 83.2 Å². The van der Waals surface area contributed by atoms with E-state index >= 15 is 0 Å². The van der Waals surface area contributed by atoms with Crippen LogP contribution in [0.4, 0.5) is 0 Å². The highest BCUT2D eigenvalue weighted by molar-refractivity contribution is 9.10. The van der Waals surface area contributed by atoms with E-state index in [2.05, 4.69) is 28.2 Å². The van der Waals surface area contributed by atoms with E-state index in [0.717, 1.165) is 6.42 Å². The van der Waals surface area contributed by atoms with Gasteiger partial charge in [-0.3, -0.25) is 4.79 Å². The van der Waals surface area contributed by atoms with Gasteiger partial charge in [-0.2, -0.15) is 0 Å². The number of carbonyl (C=O) groups is 1. The summed E-state index contributed by atoms with van der Waals surface area (Å²) < 4.78 is -0.473. The molecule has 0 fully saturated rings. The first-order valence-electron chi connectivity index (χ1n) is 4.20. The van der Waals surface area contributed by atoms with Crippen LogP contribution in [0.3, 0.4) is 0 Å². The second-order valence-electron chi connectivity index (χ2n) is 4.16. The van der Waals surface area contributed by atoms with E-state index in [-0.39, 0.29) is 11.4 Å². The monoisotopic (exact) mass is 235 g/mol. The van der Waals surface area contributed by atoms with Gasteiger partial charge in [0, 0.05) is 5.54 Å². The van der Waals surface area contributed by atoms with Crippen LogP contribution in [0.15, 0.2) is 0 Å². The molecule has 0 spiro atoms. The summed E-state index contributed by atoms with van der Waals surface area (Å²) in [5.74, 6) is 0.0364. The topological polar surface area (TPSA) is 29.1 Å². The molecule has 0 aliphatic heterocycles. The summed E-state index contributed by atoms with van der Waals surface area (Å²) in [5.41, 5.74) is -0.109. The quantitative estimate of drug-likeness (QED) is 0.749. The number of rotatable bonds is 3. The van der Waals surface area contributed by atoms with Crippen LogP contribution >= 0.6 is 15.9 Å². The maximum atomic E-state index is 11.5. The fraction of sp³-hybridized carbons (Fsp3) is 0.889. The minimum absolute atomic E-state index is 0.0364. The Hall–Kier alpha value is -0.0500. The normalized spacial score (nSPS) is 12.8. The molecule has 0 heterocycles. The Bertz CT molecular complexity index is 170. The molecule has 72 valence electrons. The van der Waals surface area contributed by atoms with Crippen molar-refractivity contribution >= 4 is 21.8 Å². The van der Waals surface area contributed by atoms with Gasteiger partial charge in [0.1, 0.15) is 0 Å². The average Bonchev–Trinajstić information content (AvgIpc) is 1.85. The van der Waals surface area contributed by atoms with E-state index in [4.69, 9.17) is 0 Å². The molecule has 2 nitrogen and oxygen atoms in total. The van der Waals surface area contributed by atoms with Crippen LogP contribution in [-0.2, 0) is 4.79 Å². The zero-order valence-corrected chi connectivity index (χ0v) is 10.1. The lowest BCUT2D eigenvalue weighted by Crippen LogP contribution is -2.49. The predicted octanol–water partition coefficient (Wildman–Crippen LogP) is 2.46. The highest BCUT2D eigenvalue weighted by Gasteiger charge is 2.28. The molecule has 0 atom stereocenters. The van der Waals surface area contributed by atoms with Gasteiger partial charge in [0.25, 0.3) is 0 Å². The zero-order chi connectivity index (χ0) is 9.99. The van der Waals surface area contributed by atoms with Gasteiger partial charge in [0.2, 0.25) is 5.91 Å². The van der Waals surface area contributed by atoms with Crippen molar-refractivity contribution in [1.82, 2.24) is 5.32 Å². The van der Waals surface area contributed by atoms with Gasteiger partial charge in [-0.05, 0) is 34.1 Å². The van der Waals surface area contributed by atoms with Crippen molar-refractivity contribution in [2.45, 2.75) is 50.9 Å². The van der Waals surface area contributed by atoms with E-state index in [0.29, 0.717) is 0 Å². The van der Waals surface area contributed by atoms with Crippen molar-refractivity contribution in [3.63, 3.8) is 0 Å². The molecule has 0 radical (unpaired) electrons. The van der Waals surface area contributed by atoms with Crippen LogP contribution in [0.5, 0.6) is 0 Å². The van der Waals surface area contributed by atoms with Crippen LogP contribution in [-0.4, -0.2) is 15.8 Å². The molecule has 0 aromatic heterocycles. The van der Waals surface area contributed by atoms with Crippen LogP contribution in [0, 0.1) is 0 Å². The van der Waals surface area contributed by atoms with Crippen molar-refractivity contribution in [3.05, 3.63) is 0 Å². The van der Waals surface area contributed by atoms with Crippen molar-refractivity contribution in [3.8, 4) is 0 Å². The SMILES string of the molecule is CCC(C)(C)NC(=O)C(C)(C)Br. The molecular formula is C9H18BrNO. The lowest BCUT2D eigenvalue weighted by atomic mass is 10.0. The van der Waals surface area contributed by atoms with Crippen molar-refractivity contribution in [1.29, 1.82) is 0 Å². The summed E-state index contributed by atoms with van der Waals surface area (Å²) in [7, 11) is 0. The number of hydrogen-bond acceptors (Lipinski definition) is 1. The Morgan fingerprint density at radius 2 is 1.75 bits per heavy atom. The average molecular weight is 236 g/mol. The van der Waals surface area contributed by atoms with E-state index in [1.165, 1.54) is 0 Å². The van der Waals surface area contributed by atoms with Gasteiger partial charge >= 0.3 is 0 Å². The molecule has 0 saturated carbocycles. The van der Waals surface area contributed by atoms with Crippen LogP contribution in [0.25, 0.3) is 0 Å². The third-order valence-electron chi connectivity index (χ3n) is 1.88. The number of carbonyl (C=O) groups excluding carboxylic acids is 1. The van der Waals surface area contributed by atoms with Crippen molar-refractivity contribution in [2.24, 2.45) is 0 Å². The molecule has 0 unspecified atom stereocenters. The first-order valence-corrected chi connectivity index (χ1v) is 5.00. The zero-order valence-electron chi connectivity index (χ0n) is 8.49. The highest BCUT2D eigenvalue weighted by Crippen LogP contribution is 2.18. The third kappa shape index (κ3) is 4.10. The summed E-state index contributed by atoms with van der Waals surface area (Å²) in [5, 5.41) is 2.96. The van der Waals surface area contributed by atoms with Gasteiger partial charge in [0.05, 0.1) is 4.32 Å². The molecule has 0 aromatic carbocycles. The maximum Gasteiger partial charge on any atom is 0.236 e. The van der Waals surface area contributed by atoms with Gasteiger partial charge in [0.15, 0.2) is 0 Å². The molecular weight excluding hydrogens is 218 g/mol. The fourth-order valence-electron chi connectivity index (χ4n) is 0.544. The Morgan fingerprint density at radius 3 is 2.00 bits per heavy atom. The lowest BCUT2D eigenvalue weighted by Gasteiger charge is -2.28. The summed E-state index contributed by atoms with van der Waals surface area (Å²) >= 11 is 3.31. The standard InChI is InChI=1S/C9H18BrNO/c1-6-8(2,3)11-7(12)9(4,5)10/h6H2,1-5H3,(H,11,12). The summed E-state index contributed by atoms with van der Waals surface area (Å²) in [6, 6.07) is 0. The molecule has 0 bridgehead atoms. The Morgan fingerprint density at radius 1 is 1.33 bits per heavy atom. The van der Waals surface area contributed by atoms with E-state index in [1.54, 1.807) is 0 Å². The first-order chi connectivity index (χ1) is 5.19. The third-order valence-corrected chi connectivity index (χ3v) is 2.24. The minimum Gasteiger partial charge on any atom is -0.350 e. The van der Waals surface area contributed by atoms with E-state index in [1.807, 2.05) is 27.7 Å². The molecule has 0 aromatic rings. The lowest BCUT2D eigenvalue weighted by molar-refractivity contribution is -0.124. The highest BCUT2D eigenvalue weighted by atomic mass is 79.9. The molecule has 0 rings (SSSR count). The smallest absolute Gasteiger partial charge is 0.236 e. The second-order valence-corrected chi connectivity index (χ2v) is 6.15.